The van der Waals surface area contributed by atoms with Crippen LogP contribution in [0.2, 0.25) is 0 Å². The monoisotopic (exact) mass is 393 g/mol. The van der Waals surface area contributed by atoms with Gasteiger partial charge in [0.15, 0.2) is 0 Å². The molecule has 1 heterocycles. The van der Waals surface area contributed by atoms with Gasteiger partial charge < -0.3 is 20.2 Å². The fourth-order valence-electron chi connectivity index (χ4n) is 4.97. The Bertz CT molecular complexity index is 701. The number of benzene rings is 1. The van der Waals surface area contributed by atoms with Gasteiger partial charge >= 0.3 is 5.97 Å². The van der Waals surface area contributed by atoms with Gasteiger partial charge in [-0.2, -0.15) is 0 Å². The zero-order valence-electron chi connectivity index (χ0n) is 15.9. The van der Waals surface area contributed by atoms with Gasteiger partial charge in [0.1, 0.15) is 5.82 Å². The van der Waals surface area contributed by atoms with E-state index in [1.54, 1.807) is 17.0 Å². The second kappa shape index (κ2) is 8.57. The number of halogens is 1. The first-order valence-electron chi connectivity index (χ1n) is 9.96. The molecule has 2 fully saturated rings. The smallest absolute Gasteiger partial charge is 0.305 e. The molecule has 0 radical (unpaired) electrons. The Labute approximate surface area is 164 Å². The molecular formula is C21H28FNO5. The van der Waals surface area contributed by atoms with Crippen molar-refractivity contribution in [2.24, 2.45) is 5.41 Å². The van der Waals surface area contributed by atoms with Crippen LogP contribution in [0.4, 0.5) is 10.1 Å². The predicted octanol–water partition coefficient (Wildman–Crippen LogP) is 2.86. The van der Waals surface area contributed by atoms with Crippen LogP contribution in [0.1, 0.15) is 57.8 Å². The molecule has 0 aromatic heterocycles. The number of carboxylic acid groups (broad SMARTS) is 1. The summed E-state index contributed by atoms with van der Waals surface area (Å²) in [6.45, 7) is 0. The van der Waals surface area contributed by atoms with Gasteiger partial charge in [0.25, 0.3) is 0 Å². The Morgan fingerprint density at radius 2 is 1.82 bits per heavy atom. The van der Waals surface area contributed by atoms with Gasteiger partial charge in [-0.05, 0) is 61.8 Å². The first-order chi connectivity index (χ1) is 13.3. The highest BCUT2D eigenvalue weighted by molar-refractivity contribution is 5.97. The molecule has 1 amide bonds. The average Bonchev–Trinajstić information content (AvgIpc) is 3.18. The number of nitrogens with zero attached hydrogens (tertiary/aromatic N) is 1. The van der Waals surface area contributed by atoms with Crippen LogP contribution in [0.15, 0.2) is 24.3 Å². The molecule has 2 aliphatic rings. The fraction of sp³-hybridized carbons (Fsp3) is 0.619. The van der Waals surface area contributed by atoms with E-state index >= 15 is 0 Å². The minimum atomic E-state index is -1.10. The maximum absolute atomic E-state index is 13.3. The Balaban J connectivity index is 1.72. The lowest BCUT2D eigenvalue weighted by Crippen LogP contribution is -2.40. The molecule has 7 heteroatoms. The van der Waals surface area contributed by atoms with Crippen molar-refractivity contribution in [2.45, 2.75) is 76.0 Å². The number of amides is 1. The van der Waals surface area contributed by atoms with Crippen molar-refractivity contribution in [1.29, 1.82) is 0 Å². The SMILES string of the molecule is O=C(O)C[C@H](O)C[C@@H](O)CCC1N(c2ccc(F)cc2)C(=O)CC12CCCC2. The minimum Gasteiger partial charge on any atom is -0.481 e. The number of aliphatic hydroxyl groups is 2. The van der Waals surface area contributed by atoms with Crippen molar-refractivity contribution >= 4 is 17.6 Å². The van der Waals surface area contributed by atoms with Crippen molar-refractivity contribution in [3.63, 3.8) is 0 Å². The number of hydrogen-bond donors (Lipinski definition) is 3. The predicted molar refractivity (Wildman–Crippen MR) is 101 cm³/mol. The Morgan fingerprint density at radius 3 is 2.43 bits per heavy atom. The number of carbonyl (C=O) groups is 2. The van der Waals surface area contributed by atoms with E-state index in [9.17, 15) is 24.2 Å². The van der Waals surface area contributed by atoms with Gasteiger partial charge in [-0.1, -0.05) is 12.8 Å². The van der Waals surface area contributed by atoms with E-state index in [0.717, 1.165) is 25.7 Å². The average molecular weight is 393 g/mol. The number of hydrogen-bond acceptors (Lipinski definition) is 4. The van der Waals surface area contributed by atoms with Crippen LogP contribution < -0.4 is 4.90 Å². The number of carboxylic acids is 1. The largest absolute Gasteiger partial charge is 0.481 e. The van der Waals surface area contributed by atoms with Gasteiger partial charge in [0.05, 0.1) is 18.6 Å². The van der Waals surface area contributed by atoms with Crippen LogP contribution in [-0.2, 0) is 9.59 Å². The van der Waals surface area contributed by atoms with Crippen LogP contribution in [0.5, 0.6) is 0 Å². The fourth-order valence-corrected chi connectivity index (χ4v) is 4.97. The minimum absolute atomic E-state index is 0.00346. The molecule has 1 aliphatic carbocycles. The van der Waals surface area contributed by atoms with Crippen LogP contribution in [0, 0.1) is 11.2 Å². The summed E-state index contributed by atoms with van der Waals surface area (Å²) < 4.78 is 13.3. The molecular weight excluding hydrogens is 365 g/mol. The maximum atomic E-state index is 13.3. The lowest BCUT2D eigenvalue weighted by atomic mass is 9.76. The Hall–Kier alpha value is -1.99. The maximum Gasteiger partial charge on any atom is 0.305 e. The van der Waals surface area contributed by atoms with Crippen LogP contribution in [0.25, 0.3) is 0 Å². The van der Waals surface area contributed by atoms with E-state index < -0.39 is 24.6 Å². The lowest BCUT2D eigenvalue weighted by molar-refractivity contribution is -0.139. The second-order valence-electron chi connectivity index (χ2n) is 8.22. The van der Waals surface area contributed by atoms with Crippen LogP contribution in [0.3, 0.4) is 0 Å². The highest BCUT2D eigenvalue weighted by Crippen LogP contribution is 2.52. The van der Waals surface area contributed by atoms with Crippen LogP contribution >= 0.6 is 0 Å². The Morgan fingerprint density at radius 1 is 1.18 bits per heavy atom. The molecule has 154 valence electrons. The van der Waals surface area contributed by atoms with E-state index in [0.29, 0.717) is 24.9 Å². The number of carbonyl (C=O) groups excluding carboxylic acids is 1. The summed E-state index contributed by atoms with van der Waals surface area (Å²) in [4.78, 5) is 25.3. The van der Waals surface area contributed by atoms with Crippen molar-refractivity contribution in [1.82, 2.24) is 0 Å². The van der Waals surface area contributed by atoms with Crippen molar-refractivity contribution in [2.75, 3.05) is 4.90 Å². The molecule has 3 rings (SSSR count). The lowest BCUT2D eigenvalue weighted by Gasteiger charge is -2.35. The molecule has 1 spiro atoms. The van der Waals surface area contributed by atoms with E-state index in [1.165, 1.54) is 12.1 Å². The van der Waals surface area contributed by atoms with Gasteiger partial charge in [0.2, 0.25) is 5.91 Å². The zero-order valence-corrected chi connectivity index (χ0v) is 15.9. The molecule has 6 nitrogen and oxygen atoms in total. The highest BCUT2D eigenvalue weighted by atomic mass is 19.1. The molecule has 1 aromatic rings. The molecule has 3 N–H and O–H groups in total. The molecule has 1 saturated heterocycles. The summed E-state index contributed by atoms with van der Waals surface area (Å²) in [5.41, 5.74) is 0.547. The molecule has 28 heavy (non-hydrogen) atoms. The van der Waals surface area contributed by atoms with E-state index in [4.69, 9.17) is 5.11 Å². The summed E-state index contributed by atoms with van der Waals surface area (Å²) in [7, 11) is 0. The first-order valence-corrected chi connectivity index (χ1v) is 9.96. The third-order valence-electron chi connectivity index (χ3n) is 6.22. The van der Waals surface area contributed by atoms with E-state index in [1.807, 2.05) is 0 Å². The summed E-state index contributed by atoms with van der Waals surface area (Å²) in [6.07, 6.45) is 3.12. The third-order valence-corrected chi connectivity index (χ3v) is 6.22. The van der Waals surface area contributed by atoms with Crippen molar-refractivity contribution < 1.29 is 29.3 Å². The topological polar surface area (TPSA) is 98.1 Å². The van der Waals surface area contributed by atoms with Gasteiger partial charge in [-0.3, -0.25) is 9.59 Å². The van der Waals surface area contributed by atoms with E-state index in [2.05, 4.69) is 0 Å². The molecule has 1 aliphatic heterocycles. The van der Waals surface area contributed by atoms with Gasteiger partial charge in [0, 0.05) is 18.2 Å². The number of aliphatic hydroxyl groups excluding tert-OH is 2. The molecule has 0 bridgehead atoms. The number of aliphatic carboxylic acids is 1. The number of anilines is 1. The summed E-state index contributed by atoms with van der Waals surface area (Å²) in [5.74, 6) is -1.43. The van der Waals surface area contributed by atoms with Crippen LogP contribution in [-0.4, -0.2) is 45.4 Å². The normalized spacial score (nSPS) is 23.3. The molecule has 1 saturated carbocycles. The Kier molecular flexibility index (Phi) is 6.35. The zero-order chi connectivity index (χ0) is 20.3. The molecule has 1 unspecified atom stereocenters. The summed E-state index contributed by atoms with van der Waals surface area (Å²) in [6, 6.07) is 5.83. The van der Waals surface area contributed by atoms with Gasteiger partial charge in [-0.15, -0.1) is 0 Å². The molecule has 1 aromatic carbocycles. The third kappa shape index (κ3) is 4.52. The van der Waals surface area contributed by atoms with Crippen molar-refractivity contribution in [3.8, 4) is 0 Å². The quantitative estimate of drug-likeness (QED) is 0.631. The van der Waals surface area contributed by atoms with Crippen molar-refractivity contribution in [3.05, 3.63) is 30.1 Å². The standard InChI is InChI=1S/C21H28FNO5/c22-14-3-5-15(6-4-14)23-18(21(13-19(23)26)9-1-2-10-21)8-7-16(24)11-17(25)12-20(27)28/h3-6,16-18,24-25H,1-2,7-13H2,(H,27,28)/t16-,17+,18?/m0/s1. The van der Waals surface area contributed by atoms with Gasteiger partial charge in [-0.25, -0.2) is 4.39 Å². The summed E-state index contributed by atoms with van der Waals surface area (Å²) in [5, 5.41) is 28.8. The first kappa shape index (κ1) is 20.7. The van der Waals surface area contributed by atoms with E-state index in [-0.39, 0.29) is 29.6 Å². The second-order valence-corrected chi connectivity index (χ2v) is 8.22. The summed E-state index contributed by atoms with van der Waals surface area (Å²) >= 11 is 0. The number of rotatable bonds is 8. The highest BCUT2D eigenvalue weighted by Gasteiger charge is 2.52. The molecule has 3 atom stereocenters.